The van der Waals surface area contributed by atoms with E-state index in [1.54, 1.807) is 0 Å². The number of esters is 2. The molecule has 0 saturated carbocycles. The predicted molar refractivity (Wildman–Crippen MR) is 58.6 cm³/mol. The van der Waals surface area contributed by atoms with Crippen LogP contribution in [0.5, 0.6) is 5.75 Å². The number of rotatable bonds is 4. The molecule has 0 bridgehead atoms. The summed E-state index contributed by atoms with van der Waals surface area (Å²) in [7, 11) is 1.23. The van der Waals surface area contributed by atoms with E-state index in [9.17, 15) is 18.4 Å². The number of alkyl halides is 1. The summed E-state index contributed by atoms with van der Waals surface area (Å²) in [6.07, 6.45) is -1.94. The van der Waals surface area contributed by atoms with Crippen LogP contribution in [0.15, 0.2) is 18.2 Å². The van der Waals surface area contributed by atoms with Crippen LogP contribution in [0.25, 0.3) is 0 Å². The molecule has 0 aliphatic heterocycles. The molecule has 98 valence electrons. The first-order valence-corrected chi connectivity index (χ1v) is 5.23. The second-order valence-electron chi connectivity index (χ2n) is 3.43. The normalized spacial score (nSPS) is 11.8. The van der Waals surface area contributed by atoms with Crippen LogP contribution >= 0.6 is 0 Å². The summed E-state index contributed by atoms with van der Waals surface area (Å²) in [5, 5.41) is 0. The molecule has 1 aromatic carbocycles. The second-order valence-corrected chi connectivity index (χ2v) is 3.43. The van der Waals surface area contributed by atoms with Crippen molar-refractivity contribution in [2.24, 2.45) is 0 Å². The Morgan fingerprint density at radius 2 is 2.06 bits per heavy atom. The smallest absolute Gasteiger partial charge is 0.348 e. The van der Waals surface area contributed by atoms with Gasteiger partial charge in [0.1, 0.15) is 0 Å². The first kappa shape index (κ1) is 14.1. The summed E-state index contributed by atoms with van der Waals surface area (Å²) in [5.41, 5.74) is -0.0927. The monoisotopic (exact) mass is 258 g/mol. The molecule has 6 heteroatoms. The van der Waals surface area contributed by atoms with Crippen LogP contribution in [0.2, 0.25) is 0 Å². The van der Waals surface area contributed by atoms with E-state index in [0.717, 1.165) is 18.2 Å². The van der Waals surface area contributed by atoms with Crippen molar-refractivity contribution in [3.05, 3.63) is 29.6 Å². The fraction of sp³-hybridized carbons (Fsp3) is 0.333. The molecule has 1 rings (SSSR count). The van der Waals surface area contributed by atoms with Gasteiger partial charge in [0.05, 0.1) is 12.7 Å². The van der Waals surface area contributed by atoms with Gasteiger partial charge in [0.15, 0.2) is 17.7 Å². The van der Waals surface area contributed by atoms with Crippen molar-refractivity contribution in [1.82, 2.24) is 0 Å². The maximum atomic E-state index is 13.1. The molecule has 4 nitrogen and oxygen atoms in total. The lowest BCUT2D eigenvalue weighted by Crippen LogP contribution is -2.21. The van der Waals surface area contributed by atoms with Gasteiger partial charge in [-0.2, -0.15) is 0 Å². The number of halogens is 2. The SMILES string of the molecule is CCC(F)C(=O)OC(=O)c1ccc(F)c(OC)c1. The number of benzene rings is 1. The van der Waals surface area contributed by atoms with Crippen molar-refractivity contribution in [1.29, 1.82) is 0 Å². The summed E-state index contributed by atoms with van der Waals surface area (Å²) in [5.74, 6) is -3.12. The van der Waals surface area contributed by atoms with Crippen molar-refractivity contribution >= 4 is 11.9 Å². The first-order chi connectivity index (χ1) is 8.49. The first-order valence-electron chi connectivity index (χ1n) is 5.23. The van der Waals surface area contributed by atoms with Crippen molar-refractivity contribution in [2.45, 2.75) is 19.5 Å². The lowest BCUT2D eigenvalue weighted by atomic mass is 10.2. The van der Waals surface area contributed by atoms with Crippen LogP contribution in [0.3, 0.4) is 0 Å². The van der Waals surface area contributed by atoms with E-state index in [1.807, 2.05) is 0 Å². The Balaban J connectivity index is 2.82. The van der Waals surface area contributed by atoms with Gasteiger partial charge >= 0.3 is 11.9 Å². The van der Waals surface area contributed by atoms with Crippen molar-refractivity contribution in [3.8, 4) is 5.75 Å². The average Bonchev–Trinajstić information content (AvgIpc) is 2.37. The summed E-state index contributed by atoms with van der Waals surface area (Å²) in [4.78, 5) is 22.5. The van der Waals surface area contributed by atoms with E-state index in [2.05, 4.69) is 9.47 Å². The van der Waals surface area contributed by atoms with Gasteiger partial charge in [0, 0.05) is 0 Å². The van der Waals surface area contributed by atoms with E-state index >= 15 is 0 Å². The molecule has 0 radical (unpaired) electrons. The van der Waals surface area contributed by atoms with Gasteiger partial charge in [0.2, 0.25) is 0 Å². The van der Waals surface area contributed by atoms with Gasteiger partial charge < -0.3 is 9.47 Å². The third-order valence-electron chi connectivity index (χ3n) is 2.19. The van der Waals surface area contributed by atoms with Gasteiger partial charge in [-0.3, -0.25) is 0 Å². The van der Waals surface area contributed by atoms with Crippen LogP contribution in [-0.2, 0) is 9.53 Å². The second kappa shape index (κ2) is 6.09. The molecule has 0 amide bonds. The van der Waals surface area contributed by atoms with Crippen LogP contribution in [0.1, 0.15) is 23.7 Å². The lowest BCUT2D eigenvalue weighted by molar-refractivity contribution is -0.143. The Morgan fingerprint density at radius 3 is 2.61 bits per heavy atom. The Bertz CT molecular complexity index is 459. The minimum atomic E-state index is -1.85. The molecular weight excluding hydrogens is 246 g/mol. The highest BCUT2D eigenvalue weighted by molar-refractivity contribution is 5.98. The summed E-state index contributed by atoms with van der Waals surface area (Å²) in [6.45, 7) is 1.44. The lowest BCUT2D eigenvalue weighted by Gasteiger charge is -2.07. The molecular formula is C12H12F2O4. The number of methoxy groups -OCH3 is 1. The maximum absolute atomic E-state index is 13.1. The number of hydrogen-bond donors (Lipinski definition) is 0. The molecule has 1 unspecified atom stereocenters. The van der Waals surface area contributed by atoms with Crippen LogP contribution < -0.4 is 4.74 Å². The molecule has 0 aliphatic rings. The summed E-state index contributed by atoms with van der Waals surface area (Å²) < 4.78 is 34.9. The molecule has 0 heterocycles. The zero-order valence-corrected chi connectivity index (χ0v) is 9.91. The van der Waals surface area contributed by atoms with Crippen molar-refractivity contribution in [2.75, 3.05) is 7.11 Å². The highest BCUT2D eigenvalue weighted by atomic mass is 19.1. The van der Waals surface area contributed by atoms with Gasteiger partial charge in [0.25, 0.3) is 0 Å². The van der Waals surface area contributed by atoms with Gasteiger partial charge in [-0.25, -0.2) is 18.4 Å². The Labute approximate surface area is 103 Å². The third kappa shape index (κ3) is 3.26. The Kier molecular flexibility index (Phi) is 4.76. The third-order valence-corrected chi connectivity index (χ3v) is 2.19. The van der Waals surface area contributed by atoms with E-state index in [4.69, 9.17) is 0 Å². The molecule has 1 aromatic rings. The van der Waals surface area contributed by atoms with Gasteiger partial charge in [-0.05, 0) is 24.6 Å². The van der Waals surface area contributed by atoms with Crippen molar-refractivity contribution in [3.63, 3.8) is 0 Å². The van der Waals surface area contributed by atoms with Crippen LogP contribution in [0, 0.1) is 5.82 Å². The molecule has 0 aliphatic carbocycles. The molecule has 0 saturated heterocycles. The van der Waals surface area contributed by atoms with Gasteiger partial charge in [-0.1, -0.05) is 6.92 Å². The standard InChI is InChI=1S/C12H12F2O4/c1-3-8(13)12(16)18-11(15)7-4-5-9(14)10(6-7)17-2/h4-6,8H,3H2,1-2H3. The van der Waals surface area contributed by atoms with E-state index in [-0.39, 0.29) is 17.7 Å². The number of hydrogen-bond acceptors (Lipinski definition) is 4. The number of carbonyl (C=O) groups is 2. The van der Waals surface area contributed by atoms with E-state index in [0.29, 0.717) is 0 Å². The molecule has 0 spiro atoms. The largest absolute Gasteiger partial charge is 0.494 e. The minimum absolute atomic E-state index is 0.0845. The highest BCUT2D eigenvalue weighted by Crippen LogP contribution is 2.19. The molecule has 18 heavy (non-hydrogen) atoms. The Hall–Kier alpha value is -1.98. The fourth-order valence-corrected chi connectivity index (χ4v) is 1.17. The topological polar surface area (TPSA) is 52.6 Å². The average molecular weight is 258 g/mol. The number of carbonyl (C=O) groups excluding carboxylic acids is 2. The summed E-state index contributed by atoms with van der Waals surface area (Å²) in [6, 6.07) is 3.18. The Morgan fingerprint density at radius 1 is 1.39 bits per heavy atom. The minimum Gasteiger partial charge on any atom is -0.494 e. The maximum Gasteiger partial charge on any atom is 0.348 e. The highest BCUT2D eigenvalue weighted by Gasteiger charge is 2.21. The zero-order valence-electron chi connectivity index (χ0n) is 9.91. The number of ether oxygens (including phenoxy) is 2. The van der Waals surface area contributed by atoms with Crippen molar-refractivity contribution < 1.29 is 27.8 Å². The fourth-order valence-electron chi connectivity index (χ4n) is 1.17. The van der Waals surface area contributed by atoms with Crippen LogP contribution in [-0.4, -0.2) is 25.2 Å². The predicted octanol–water partition coefficient (Wildman–Crippen LogP) is 2.27. The summed E-state index contributed by atoms with van der Waals surface area (Å²) >= 11 is 0. The van der Waals surface area contributed by atoms with Gasteiger partial charge in [-0.15, -0.1) is 0 Å². The zero-order chi connectivity index (χ0) is 13.7. The molecule has 0 aromatic heterocycles. The van der Waals surface area contributed by atoms with Crippen LogP contribution in [0.4, 0.5) is 8.78 Å². The molecule has 1 atom stereocenters. The quantitative estimate of drug-likeness (QED) is 0.614. The van der Waals surface area contributed by atoms with E-state index in [1.165, 1.54) is 14.0 Å². The molecule has 0 N–H and O–H groups in total. The van der Waals surface area contributed by atoms with E-state index < -0.39 is 23.9 Å². The molecule has 0 fully saturated rings.